The van der Waals surface area contributed by atoms with Crippen molar-refractivity contribution in [2.75, 3.05) is 13.1 Å². The number of thiophene rings is 1. The molecule has 0 aromatic carbocycles. The number of alkyl halides is 3. The second kappa shape index (κ2) is 6.78. The van der Waals surface area contributed by atoms with E-state index in [4.69, 9.17) is 4.52 Å². The van der Waals surface area contributed by atoms with Crippen LogP contribution in [0.2, 0.25) is 0 Å². The first-order chi connectivity index (χ1) is 11.8. The van der Waals surface area contributed by atoms with Gasteiger partial charge in [0.2, 0.25) is 5.89 Å². The Labute approximate surface area is 146 Å². The first-order valence-electron chi connectivity index (χ1n) is 8.03. The van der Waals surface area contributed by atoms with E-state index in [0.717, 1.165) is 16.7 Å². The Morgan fingerprint density at radius 3 is 2.56 bits per heavy atom. The third kappa shape index (κ3) is 3.70. The lowest BCUT2D eigenvalue weighted by Gasteiger charge is -2.30. The SMILES string of the molecule is CC(C)c1nc(C2CCN(C(=O)c3cscc3C(F)(F)F)CC2)no1. The summed E-state index contributed by atoms with van der Waals surface area (Å²) < 4.78 is 44.1. The topological polar surface area (TPSA) is 59.2 Å². The number of nitrogens with zero attached hydrogens (tertiary/aromatic N) is 3. The van der Waals surface area contributed by atoms with E-state index in [1.54, 1.807) is 0 Å². The number of amides is 1. The van der Waals surface area contributed by atoms with Crippen LogP contribution in [0, 0.1) is 0 Å². The van der Waals surface area contributed by atoms with E-state index in [0.29, 0.717) is 37.6 Å². The molecule has 0 N–H and O–H groups in total. The van der Waals surface area contributed by atoms with E-state index >= 15 is 0 Å². The number of hydrogen-bond acceptors (Lipinski definition) is 5. The second-order valence-electron chi connectivity index (χ2n) is 6.41. The molecule has 0 atom stereocenters. The van der Waals surface area contributed by atoms with E-state index in [2.05, 4.69) is 10.1 Å². The summed E-state index contributed by atoms with van der Waals surface area (Å²) in [5, 5.41) is 6.24. The van der Waals surface area contributed by atoms with Gasteiger partial charge in [0.1, 0.15) is 0 Å². The van der Waals surface area contributed by atoms with Crippen LogP contribution in [0.4, 0.5) is 13.2 Å². The van der Waals surface area contributed by atoms with E-state index in [-0.39, 0.29) is 17.4 Å². The molecule has 0 bridgehead atoms. The Morgan fingerprint density at radius 2 is 2.00 bits per heavy atom. The number of halogens is 3. The third-order valence-electron chi connectivity index (χ3n) is 4.30. The minimum Gasteiger partial charge on any atom is -0.339 e. The molecule has 1 amide bonds. The number of piperidine rings is 1. The predicted octanol–water partition coefficient (Wildman–Crippen LogP) is 4.29. The third-order valence-corrected chi connectivity index (χ3v) is 5.04. The van der Waals surface area contributed by atoms with Gasteiger partial charge in [0.25, 0.3) is 5.91 Å². The van der Waals surface area contributed by atoms with Gasteiger partial charge in [0, 0.05) is 35.7 Å². The molecule has 0 radical (unpaired) electrons. The predicted molar refractivity (Wildman–Crippen MR) is 85.6 cm³/mol. The monoisotopic (exact) mass is 373 g/mol. The number of carbonyl (C=O) groups excluding carboxylic acids is 1. The summed E-state index contributed by atoms with van der Waals surface area (Å²) in [5.41, 5.74) is -1.12. The molecule has 0 spiro atoms. The van der Waals surface area contributed by atoms with Gasteiger partial charge in [-0.1, -0.05) is 19.0 Å². The van der Waals surface area contributed by atoms with E-state index < -0.39 is 17.6 Å². The molecular weight excluding hydrogens is 355 g/mol. The molecule has 3 rings (SSSR count). The van der Waals surface area contributed by atoms with Crippen LogP contribution in [0.3, 0.4) is 0 Å². The fraction of sp³-hybridized carbons (Fsp3) is 0.562. The van der Waals surface area contributed by atoms with Gasteiger partial charge < -0.3 is 9.42 Å². The minimum absolute atomic E-state index is 0.0601. The van der Waals surface area contributed by atoms with Gasteiger partial charge in [0.15, 0.2) is 5.82 Å². The van der Waals surface area contributed by atoms with Crippen molar-refractivity contribution in [3.63, 3.8) is 0 Å². The standard InChI is InChI=1S/C16H18F3N3O2S/c1-9(2)14-20-13(21-24-14)10-3-5-22(6-4-10)15(23)11-7-25-8-12(11)16(17,18)19/h7-10H,3-6H2,1-2H3. The largest absolute Gasteiger partial charge is 0.417 e. The van der Waals surface area contributed by atoms with E-state index in [1.165, 1.54) is 10.3 Å². The molecule has 1 aliphatic rings. The maximum Gasteiger partial charge on any atom is 0.417 e. The zero-order chi connectivity index (χ0) is 18.2. The highest BCUT2D eigenvalue weighted by molar-refractivity contribution is 7.08. The van der Waals surface area contributed by atoms with E-state index in [9.17, 15) is 18.0 Å². The highest BCUT2D eigenvalue weighted by atomic mass is 32.1. The molecular formula is C16H18F3N3O2S. The van der Waals surface area contributed by atoms with Gasteiger partial charge in [0.05, 0.1) is 11.1 Å². The molecule has 9 heteroatoms. The van der Waals surface area contributed by atoms with Crippen molar-refractivity contribution < 1.29 is 22.5 Å². The summed E-state index contributed by atoms with van der Waals surface area (Å²) in [5.74, 6) is 0.819. The smallest absolute Gasteiger partial charge is 0.339 e. The van der Waals surface area contributed by atoms with Gasteiger partial charge in [-0.15, -0.1) is 0 Å². The van der Waals surface area contributed by atoms with Gasteiger partial charge in [-0.2, -0.15) is 29.5 Å². The van der Waals surface area contributed by atoms with Gasteiger partial charge >= 0.3 is 6.18 Å². The Balaban J connectivity index is 1.66. The number of likely N-dealkylation sites (tertiary alicyclic amines) is 1. The summed E-state index contributed by atoms with van der Waals surface area (Å²) in [6.07, 6.45) is -3.30. The Kier molecular flexibility index (Phi) is 4.86. The quantitative estimate of drug-likeness (QED) is 0.805. The van der Waals surface area contributed by atoms with Crippen LogP contribution >= 0.6 is 11.3 Å². The summed E-state index contributed by atoms with van der Waals surface area (Å²) >= 11 is 0.888. The lowest BCUT2D eigenvalue weighted by molar-refractivity contribution is -0.137. The van der Waals surface area contributed by atoms with Crippen LogP contribution < -0.4 is 0 Å². The second-order valence-corrected chi connectivity index (χ2v) is 7.15. The normalized spacial score (nSPS) is 16.6. The molecule has 0 aliphatic carbocycles. The van der Waals surface area contributed by atoms with Crippen molar-refractivity contribution in [2.45, 2.75) is 44.7 Å². The minimum atomic E-state index is -4.51. The molecule has 2 aromatic heterocycles. The fourth-order valence-corrected chi connectivity index (χ4v) is 3.67. The summed E-state index contributed by atoms with van der Waals surface area (Å²) in [7, 11) is 0. The molecule has 25 heavy (non-hydrogen) atoms. The van der Waals surface area contributed by atoms with Crippen molar-refractivity contribution in [2.24, 2.45) is 0 Å². The van der Waals surface area contributed by atoms with E-state index in [1.807, 2.05) is 13.8 Å². The molecule has 136 valence electrons. The van der Waals surface area contributed by atoms with Crippen molar-refractivity contribution in [1.29, 1.82) is 0 Å². The van der Waals surface area contributed by atoms with Gasteiger partial charge in [-0.3, -0.25) is 4.79 Å². The molecule has 5 nitrogen and oxygen atoms in total. The molecule has 2 aromatic rings. The summed E-state index contributed by atoms with van der Waals surface area (Å²) in [6, 6.07) is 0. The van der Waals surface area contributed by atoms with Crippen molar-refractivity contribution >= 4 is 17.2 Å². The maximum absolute atomic E-state index is 13.0. The first kappa shape index (κ1) is 17.9. The fourth-order valence-electron chi connectivity index (χ4n) is 2.84. The molecule has 1 aliphatic heterocycles. The van der Waals surface area contributed by atoms with Crippen LogP contribution in [0.5, 0.6) is 0 Å². The molecule has 1 fully saturated rings. The maximum atomic E-state index is 13.0. The lowest BCUT2D eigenvalue weighted by Crippen LogP contribution is -2.38. The van der Waals surface area contributed by atoms with Crippen molar-refractivity contribution in [3.8, 4) is 0 Å². The molecule has 0 saturated carbocycles. The van der Waals surface area contributed by atoms with Crippen molar-refractivity contribution in [3.05, 3.63) is 33.6 Å². The summed E-state index contributed by atoms with van der Waals surface area (Å²) in [4.78, 5) is 18.3. The first-order valence-corrected chi connectivity index (χ1v) is 8.97. The number of aromatic nitrogens is 2. The average molecular weight is 373 g/mol. The Bertz CT molecular complexity index is 746. The number of rotatable bonds is 3. The van der Waals surface area contributed by atoms with Crippen LogP contribution in [0.15, 0.2) is 15.3 Å². The van der Waals surface area contributed by atoms with Crippen LogP contribution in [-0.4, -0.2) is 34.0 Å². The molecule has 0 unspecified atom stereocenters. The van der Waals surface area contributed by atoms with Gasteiger partial charge in [-0.25, -0.2) is 0 Å². The number of carbonyl (C=O) groups is 1. The highest BCUT2D eigenvalue weighted by Gasteiger charge is 2.38. The van der Waals surface area contributed by atoms with Crippen molar-refractivity contribution in [1.82, 2.24) is 15.0 Å². The zero-order valence-electron chi connectivity index (χ0n) is 13.8. The number of hydrogen-bond donors (Lipinski definition) is 0. The molecule has 3 heterocycles. The van der Waals surface area contributed by atoms with Crippen LogP contribution in [0.1, 0.15) is 66.2 Å². The molecule has 1 saturated heterocycles. The van der Waals surface area contributed by atoms with Crippen LogP contribution in [0.25, 0.3) is 0 Å². The zero-order valence-corrected chi connectivity index (χ0v) is 14.7. The highest BCUT2D eigenvalue weighted by Crippen LogP contribution is 2.35. The Morgan fingerprint density at radius 1 is 1.32 bits per heavy atom. The summed E-state index contributed by atoms with van der Waals surface area (Å²) in [6.45, 7) is 4.67. The lowest BCUT2D eigenvalue weighted by atomic mass is 9.95. The Hall–Kier alpha value is -1.90. The van der Waals surface area contributed by atoms with Gasteiger partial charge in [-0.05, 0) is 12.8 Å². The average Bonchev–Trinajstić information content (AvgIpc) is 3.23. The van der Waals surface area contributed by atoms with Crippen LogP contribution in [-0.2, 0) is 6.18 Å².